The molecule has 1 nitrogen and oxygen atoms in total. The Morgan fingerprint density at radius 2 is 2.23 bits per heavy atom. The maximum absolute atomic E-state index is 8.58. The first-order chi connectivity index (χ1) is 6.27. The van der Waals surface area contributed by atoms with E-state index in [-0.39, 0.29) is 0 Å². The van der Waals surface area contributed by atoms with Gasteiger partial charge >= 0.3 is 0 Å². The number of rotatable bonds is 2. The third kappa shape index (κ3) is 2.77. The fourth-order valence-corrected chi connectivity index (χ4v) is 1.24. The molecule has 0 aliphatic heterocycles. The van der Waals surface area contributed by atoms with E-state index in [1.807, 2.05) is 12.1 Å². The van der Waals surface area contributed by atoms with Gasteiger partial charge in [0.2, 0.25) is 0 Å². The normalized spacial score (nSPS) is 10.2. The zero-order chi connectivity index (χ0) is 9.68. The van der Waals surface area contributed by atoms with Crippen LogP contribution in [0.1, 0.15) is 11.1 Å². The van der Waals surface area contributed by atoms with E-state index in [0.717, 1.165) is 5.56 Å². The summed E-state index contributed by atoms with van der Waals surface area (Å²) < 4.78 is 0. The highest BCUT2D eigenvalue weighted by molar-refractivity contribution is 6.32. The Kier molecular flexibility index (Phi) is 3.82. The number of benzene rings is 1. The molecule has 0 spiro atoms. The Balaban J connectivity index is 3.00. The second kappa shape index (κ2) is 4.91. The molecule has 0 fully saturated rings. The summed E-state index contributed by atoms with van der Waals surface area (Å²) in [6, 6.07) is 7.17. The van der Waals surface area contributed by atoms with Crippen LogP contribution in [0.15, 0.2) is 24.3 Å². The molecule has 0 bridgehead atoms. The van der Waals surface area contributed by atoms with Gasteiger partial charge in [-0.3, -0.25) is 0 Å². The molecule has 0 aromatic heterocycles. The molecular weight excluding hydrogens is 205 g/mol. The van der Waals surface area contributed by atoms with Gasteiger partial charge in [0.25, 0.3) is 0 Å². The second-order valence-corrected chi connectivity index (χ2v) is 3.12. The van der Waals surface area contributed by atoms with E-state index in [9.17, 15) is 0 Å². The standard InChI is InChI=1S/C10H7Cl2N/c11-5-1-2-9-4-3-8(7-13)6-10(9)12/h1-4,6H,5H2. The molecule has 0 aliphatic carbocycles. The summed E-state index contributed by atoms with van der Waals surface area (Å²) in [6.07, 6.45) is 3.63. The zero-order valence-corrected chi connectivity index (χ0v) is 8.31. The number of hydrogen-bond acceptors (Lipinski definition) is 1. The molecule has 0 heterocycles. The highest BCUT2D eigenvalue weighted by atomic mass is 35.5. The Morgan fingerprint density at radius 1 is 1.46 bits per heavy atom. The lowest BCUT2D eigenvalue weighted by atomic mass is 10.1. The minimum atomic E-state index is 0.455. The lowest BCUT2D eigenvalue weighted by Crippen LogP contribution is -1.78. The summed E-state index contributed by atoms with van der Waals surface area (Å²) >= 11 is 11.4. The largest absolute Gasteiger partial charge is 0.192 e. The fourth-order valence-electron chi connectivity index (χ4n) is 0.903. The SMILES string of the molecule is N#Cc1ccc(C=CCCl)c(Cl)c1. The van der Waals surface area contributed by atoms with Crippen molar-refractivity contribution >= 4 is 29.3 Å². The Hall–Kier alpha value is -0.970. The van der Waals surface area contributed by atoms with Crippen molar-refractivity contribution in [2.45, 2.75) is 0 Å². The molecular formula is C10H7Cl2N. The van der Waals surface area contributed by atoms with E-state index in [0.29, 0.717) is 16.5 Å². The molecule has 1 rings (SSSR count). The van der Waals surface area contributed by atoms with Gasteiger partial charge in [-0.15, -0.1) is 11.6 Å². The summed E-state index contributed by atoms with van der Waals surface area (Å²) in [7, 11) is 0. The first-order valence-electron chi connectivity index (χ1n) is 3.70. The maximum atomic E-state index is 8.58. The van der Waals surface area contributed by atoms with Crippen molar-refractivity contribution in [3.8, 4) is 6.07 Å². The molecule has 0 saturated heterocycles. The summed E-state index contributed by atoms with van der Waals surface area (Å²) in [4.78, 5) is 0. The van der Waals surface area contributed by atoms with Gasteiger partial charge in [-0.05, 0) is 17.7 Å². The molecule has 1 aromatic rings. The van der Waals surface area contributed by atoms with Gasteiger partial charge in [0.1, 0.15) is 0 Å². The topological polar surface area (TPSA) is 23.8 Å². The van der Waals surface area contributed by atoms with Crippen LogP contribution >= 0.6 is 23.2 Å². The van der Waals surface area contributed by atoms with E-state index in [2.05, 4.69) is 0 Å². The molecule has 66 valence electrons. The lowest BCUT2D eigenvalue weighted by Gasteiger charge is -1.97. The van der Waals surface area contributed by atoms with Crippen LogP contribution < -0.4 is 0 Å². The van der Waals surface area contributed by atoms with Gasteiger partial charge in [0, 0.05) is 10.9 Å². The molecule has 1 aromatic carbocycles. The van der Waals surface area contributed by atoms with Crippen molar-refractivity contribution in [3.05, 3.63) is 40.4 Å². The third-order valence-corrected chi connectivity index (χ3v) is 2.02. The molecule has 0 amide bonds. The first-order valence-corrected chi connectivity index (χ1v) is 4.61. The van der Waals surface area contributed by atoms with Crippen molar-refractivity contribution in [3.63, 3.8) is 0 Å². The number of nitrogens with zero attached hydrogens (tertiary/aromatic N) is 1. The van der Waals surface area contributed by atoms with Crippen LogP contribution in [0.3, 0.4) is 0 Å². The number of halogens is 2. The van der Waals surface area contributed by atoms with Crippen LogP contribution in [-0.4, -0.2) is 5.88 Å². The zero-order valence-electron chi connectivity index (χ0n) is 6.80. The number of nitriles is 1. The Labute approximate surface area is 87.2 Å². The molecule has 0 saturated carbocycles. The number of hydrogen-bond donors (Lipinski definition) is 0. The van der Waals surface area contributed by atoms with Crippen LogP contribution in [0, 0.1) is 11.3 Å². The third-order valence-electron chi connectivity index (χ3n) is 1.52. The van der Waals surface area contributed by atoms with Gasteiger partial charge < -0.3 is 0 Å². The van der Waals surface area contributed by atoms with E-state index >= 15 is 0 Å². The molecule has 0 unspecified atom stereocenters. The summed E-state index contributed by atoms with van der Waals surface area (Å²) in [6.45, 7) is 0. The van der Waals surface area contributed by atoms with Crippen LogP contribution in [0.5, 0.6) is 0 Å². The number of alkyl halides is 1. The predicted molar refractivity (Wildman–Crippen MR) is 55.9 cm³/mol. The van der Waals surface area contributed by atoms with E-state index in [4.69, 9.17) is 28.5 Å². The highest BCUT2D eigenvalue weighted by Gasteiger charge is 1.97. The lowest BCUT2D eigenvalue weighted by molar-refractivity contribution is 1.48. The molecule has 0 N–H and O–H groups in total. The van der Waals surface area contributed by atoms with Gasteiger partial charge in [-0.2, -0.15) is 5.26 Å². The van der Waals surface area contributed by atoms with E-state index < -0.39 is 0 Å². The first kappa shape index (κ1) is 10.1. The van der Waals surface area contributed by atoms with Gasteiger partial charge in [-0.25, -0.2) is 0 Å². The molecule has 13 heavy (non-hydrogen) atoms. The fraction of sp³-hybridized carbons (Fsp3) is 0.100. The van der Waals surface area contributed by atoms with Crippen LogP contribution in [-0.2, 0) is 0 Å². The monoisotopic (exact) mass is 211 g/mol. The summed E-state index contributed by atoms with van der Waals surface area (Å²) in [5.74, 6) is 0.455. The second-order valence-electron chi connectivity index (χ2n) is 2.40. The smallest absolute Gasteiger partial charge is 0.0992 e. The Bertz CT molecular complexity index is 364. The van der Waals surface area contributed by atoms with Crippen molar-refractivity contribution in [1.29, 1.82) is 5.26 Å². The molecule has 0 radical (unpaired) electrons. The van der Waals surface area contributed by atoms with Crippen LogP contribution in [0.25, 0.3) is 6.08 Å². The van der Waals surface area contributed by atoms with E-state index in [1.54, 1.807) is 24.3 Å². The number of allylic oxidation sites excluding steroid dienone is 1. The quantitative estimate of drug-likeness (QED) is 0.688. The van der Waals surface area contributed by atoms with Crippen molar-refractivity contribution in [2.24, 2.45) is 0 Å². The Morgan fingerprint density at radius 3 is 2.77 bits per heavy atom. The minimum Gasteiger partial charge on any atom is -0.192 e. The van der Waals surface area contributed by atoms with Crippen LogP contribution in [0.4, 0.5) is 0 Å². The summed E-state index contributed by atoms with van der Waals surface area (Å²) in [5, 5.41) is 9.15. The molecule has 0 atom stereocenters. The predicted octanol–water partition coefficient (Wildman–Crippen LogP) is 3.46. The molecule has 0 aliphatic rings. The highest BCUT2D eigenvalue weighted by Crippen LogP contribution is 2.18. The van der Waals surface area contributed by atoms with Gasteiger partial charge in [0.05, 0.1) is 11.6 Å². The van der Waals surface area contributed by atoms with Gasteiger partial charge in [-0.1, -0.05) is 29.8 Å². The molecule has 3 heteroatoms. The van der Waals surface area contributed by atoms with E-state index in [1.165, 1.54) is 0 Å². The minimum absolute atomic E-state index is 0.455. The average Bonchev–Trinajstić information content (AvgIpc) is 2.16. The maximum Gasteiger partial charge on any atom is 0.0992 e. The average molecular weight is 212 g/mol. The summed E-state index contributed by atoms with van der Waals surface area (Å²) in [5.41, 5.74) is 1.44. The van der Waals surface area contributed by atoms with Crippen LogP contribution in [0.2, 0.25) is 5.02 Å². The van der Waals surface area contributed by atoms with Gasteiger partial charge in [0.15, 0.2) is 0 Å². The van der Waals surface area contributed by atoms with Crippen molar-refractivity contribution in [2.75, 3.05) is 5.88 Å². The van der Waals surface area contributed by atoms with Crippen molar-refractivity contribution in [1.82, 2.24) is 0 Å². The van der Waals surface area contributed by atoms with Crippen molar-refractivity contribution < 1.29 is 0 Å².